The van der Waals surface area contributed by atoms with Crippen molar-refractivity contribution in [3.63, 3.8) is 0 Å². The lowest BCUT2D eigenvalue weighted by Crippen LogP contribution is -2.56. The number of ether oxygens (including phenoxy) is 1. The fraction of sp³-hybridized carbons (Fsp3) is 0.950. The molecule has 0 aromatic rings. The van der Waals surface area contributed by atoms with Crippen molar-refractivity contribution in [1.82, 2.24) is 0 Å². The first-order valence-corrected chi connectivity index (χ1v) is 9.53. The van der Waals surface area contributed by atoms with Crippen molar-refractivity contribution in [2.24, 2.45) is 28.6 Å². The van der Waals surface area contributed by atoms with Gasteiger partial charge in [-0.3, -0.25) is 4.79 Å². The van der Waals surface area contributed by atoms with Gasteiger partial charge in [-0.15, -0.1) is 0 Å². The first kappa shape index (κ1) is 17.3. The van der Waals surface area contributed by atoms with Crippen LogP contribution in [0.1, 0.15) is 79.6 Å². The van der Waals surface area contributed by atoms with Gasteiger partial charge in [-0.05, 0) is 68.6 Å². The van der Waals surface area contributed by atoms with Crippen molar-refractivity contribution in [1.29, 1.82) is 0 Å². The SMILES string of the molecule is C[C@H](CC[C@@]1(C)[C@H](C)CC[C@]2(C)[C@@H]1CC[C@@H]1O[C@@]12C)CC(=O)O. The third-order valence-corrected chi connectivity index (χ3v) is 8.28. The third kappa shape index (κ3) is 2.54. The van der Waals surface area contributed by atoms with E-state index in [4.69, 9.17) is 9.84 Å². The molecule has 0 radical (unpaired) electrons. The van der Waals surface area contributed by atoms with Gasteiger partial charge in [0.1, 0.15) is 0 Å². The zero-order valence-electron chi connectivity index (χ0n) is 15.5. The topological polar surface area (TPSA) is 49.8 Å². The van der Waals surface area contributed by atoms with E-state index in [-0.39, 0.29) is 11.5 Å². The van der Waals surface area contributed by atoms with Crippen LogP contribution >= 0.6 is 0 Å². The lowest BCUT2D eigenvalue weighted by Gasteiger charge is -2.59. The highest BCUT2D eigenvalue weighted by molar-refractivity contribution is 5.66. The first-order valence-electron chi connectivity index (χ1n) is 9.53. The predicted octanol–water partition coefficient (Wildman–Crippen LogP) is 4.89. The zero-order chi connectivity index (χ0) is 17.0. The molecule has 0 unspecified atom stereocenters. The molecule has 1 N–H and O–H groups in total. The van der Waals surface area contributed by atoms with Crippen molar-refractivity contribution < 1.29 is 14.6 Å². The molecule has 0 aromatic heterocycles. The maximum atomic E-state index is 11.0. The molecule has 1 heterocycles. The van der Waals surface area contributed by atoms with Gasteiger partial charge in [0.25, 0.3) is 0 Å². The molecule has 0 amide bonds. The van der Waals surface area contributed by atoms with E-state index in [1.54, 1.807) is 0 Å². The van der Waals surface area contributed by atoms with Crippen LogP contribution in [0.25, 0.3) is 0 Å². The Balaban J connectivity index is 1.77. The minimum absolute atomic E-state index is 0.101. The molecule has 1 aliphatic heterocycles. The van der Waals surface area contributed by atoms with Crippen LogP contribution in [0.2, 0.25) is 0 Å². The summed E-state index contributed by atoms with van der Waals surface area (Å²) in [6.45, 7) is 11.8. The molecule has 3 heteroatoms. The van der Waals surface area contributed by atoms with E-state index >= 15 is 0 Å². The highest BCUT2D eigenvalue weighted by atomic mass is 16.6. The van der Waals surface area contributed by atoms with Crippen LogP contribution in [-0.4, -0.2) is 22.8 Å². The molecule has 132 valence electrons. The molecule has 2 saturated carbocycles. The number of rotatable bonds is 5. The van der Waals surface area contributed by atoms with Gasteiger partial charge in [0.05, 0.1) is 11.7 Å². The smallest absolute Gasteiger partial charge is 0.303 e. The fourth-order valence-corrected chi connectivity index (χ4v) is 6.13. The van der Waals surface area contributed by atoms with Gasteiger partial charge in [-0.25, -0.2) is 0 Å². The minimum atomic E-state index is -0.663. The standard InChI is InChI=1S/C20H34O3/c1-13(12-17(21)22)8-10-18(3)14(2)9-11-19(4)15(18)6-7-16-20(19,5)23-16/h13-16H,6-12H2,1-5H3,(H,21,22)/t13-,14-,15-,16+,18+,19-,20+/m1/s1. The summed E-state index contributed by atoms with van der Waals surface area (Å²) in [5, 5.41) is 9.02. The van der Waals surface area contributed by atoms with Crippen LogP contribution in [-0.2, 0) is 9.53 Å². The monoisotopic (exact) mass is 322 g/mol. The molecule has 3 nitrogen and oxygen atoms in total. The van der Waals surface area contributed by atoms with Gasteiger partial charge in [-0.1, -0.05) is 27.7 Å². The molecule has 7 atom stereocenters. The van der Waals surface area contributed by atoms with E-state index in [9.17, 15) is 4.79 Å². The molecule has 0 bridgehead atoms. The largest absolute Gasteiger partial charge is 0.481 e. The predicted molar refractivity (Wildman–Crippen MR) is 91.3 cm³/mol. The third-order valence-electron chi connectivity index (χ3n) is 8.28. The Morgan fingerprint density at radius 2 is 1.96 bits per heavy atom. The number of carbonyl (C=O) groups is 1. The summed E-state index contributed by atoms with van der Waals surface area (Å²) < 4.78 is 6.17. The molecule has 3 fully saturated rings. The number of epoxide rings is 1. The second kappa shape index (κ2) is 5.47. The molecule has 3 rings (SSSR count). The maximum absolute atomic E-state index is 11.0. The lowest BCUT2D eigenvalue weighted by molar-refractivity contribution is -0.138. The summed E-state index contributed by atoms with van der Waals surface area (Å²) in [6, 6.07) is 0. The van der Waals surface area contributed by atoms with Crippen LogP contribution in [0.3, 0.4) is 0 Å². The highest BCUT2D eigenvalue weighted by Gasteiger charge is 2.71. The number of aliphatic carboxylic acids is 1. The van der Waals surface area contributed by atoms with E-state index in [1.807, 2.05) is 0 Å². The van der Waals surface area contributed by atoms with Gasteiger partial charge in [0.15, 0.2) is 0 Å². The highest BCUT2D eigenvalue weighted by Crippen LogP contribution is 2.70. The van der Waals surface area contributed by atoms with E-state index in [0.29, 0.717) is 29.3 Å². The van der Waals surface area contributed by atoms with Crippen molar-refractivity contribution >= 4 is 5.97 Å². The first-order chi connectivity index (χ1) is 10.6. The second-order valence-corrected chi connectivity index (χ2v) is 9.45. The van der Waals surface area contributed by atoms with E-state index in [0.717, 1.165) is 18.8 Å². The van der Waals surface area contributed by atoms with Crippen molar-refractivity contribution in [3.8, 4) is 0 Å². The van der Waals surface area contributed by atoms with Crippen molar-refractivity contribution in [2.45, 2.75) is 91.3 Å². The number of fused-ring (bicyclic) bond motifs is 3. The number of hydrogen-bond donors (Lipinski definition) is 1. The van der Waals surface area contributed by atoms with Crippen LogP contribution < -0.4 is 0 Å². The van der Waals surface area contributed by atoms with Crippen molar-refractivity contribution in [2.75, 3.05) is 0 Å². The summed E-state index contributed by atoms with van der Waals surface area (Å²) in [5.74, 6) is 1.04. The Bertz CT molecular complexity index is 489. The number of carboxylic acids is 1. The molecule has 2 aliphatic carbocycles. The number of carboxylic acid groups (broad SMARTS) is 1. The van der Waals surface area contributed by atoms with Gasteiger partial charge >= 0.3 is 5.97 Å². The quantitative estimate of drug-likeness (QED) is 0.733. The second-order valence-electron chi connectivity index (χ2n) is 9.45. The van der Waals surface area contributed by atoms with E-state index in [2.05, 4.69) is 34.6 Å². The Labute approximate surface area is 141 Å². The van der Waals surface area contributed by atoms with Gasteiger partial charge in [0.2, 0.25) is 0 Å². The molecule has 0 spiro atoms. The molecular formula is C20H34O3. The molecule has 23 heavy (non-hydrogen) atoms. The van der Waals surface area contributed by atoms with Gasteiger partial charge < -0.3 is 9.84 Å². The number of hydrogen-bond acceptors (Lipinski definition) is 2. The Hall–Kier alpha value is -0.570. The normalized spacial score (nSPS) is 49.9. The maximum Gasteiger partial charge on any atom is 0.303 e. The summed E-state index contributed by atoms with van der Waals surface area (Å²) in [5.41, 5.74) is 0.719. The fourth-order valence-electron chi connectivity index (χ4n) is 6.13. The summed E-state index contributed by atoms with van der Waals surface area (Å²) in [6.07, 6.45) is 8.04. The Morgan fingerprint density at radius 3 is 2.61 bits per heavy atom. The van der Waals surface area contributed by atoms with Crippen LogP contribution in [0.15, 0.2) is 0 Å². The molecule has 1 saturated heterocycles. The van der Waals surface area contributed by atoms with Crippen molar-refractivity contribution in [3.05, 3.63) is 0 Å². The van der Waals surface area contributed by atoms with Gasteiger partial charge in [0, 0.05) is 11.8 Å². The van der Waals surface area contributed by atoms with E-state index in [1.165, 1.54) is 25.7 Å². The summed E-state index contributed by atoms with van der Waals surface area (Å²) in [4.78, 5) is 11.0. The zero-order valence-corrected chi connectivity index (χ0v) is 15.5. The summed E-state index contributed by atoms with van der Waals surface area (Å²) >= 11 is 0. The van der Waals surface area contributed by atoms with E-state index < -0.39 is 5.97 Å². The Morgan fingerprint density at radius 1 is 1.26 bits per heavy atom. The average Bonchev–Trinajstić information content (AvgIpc) is 3.14. The van der Waals surface area contributed by atoms with Gasteiger partial charge in [-0.2, -0.15) is 0 Å². The summed E-state index contributed by atoms with van der Waals surface area (Å²) in [7, 11) is 0. The minimum Gasteiger partial charge on any atom is -0.481 e. The molecular weight excluding hydrogens is 288 g/mol. The van der Waals surface area contributed by atoms with Crippen LogP contribution in [0.5, 0.6) is 0 Å². The Kier molecular flexibility index (Phi) is 4.11. The molecule has 3 aliphatic rings. The van der Waals surface area contributed by atoms with Crippen LogP contribution in [0.4, 0.5) is 0 Å². The lowest BCUT2D eigenvalue weighted by atomic mass is 9.44. The average molecular weight is 322 g/mol. The molecule has 0 aromatic carbocycles. The van der Waals surface area contributed by atoms with Crippen LogP contribution in [0, 0.1) is 28.6 Å².